The summed E-state index contributed by atoms with van der Waals surface area (Å²) in [5, 5.41) is 1.89. The normalized spacial score (nSPS) is 11.6. The highest BCUT2D eigenvalue weighted by molar-refractivity contribution is 7.12. The van der Waals surface area contributed by atoms with Gasteiger partial charge >= 0.3 is 0 Å². The van der Waals surface area contributed by atoms with Gasteiger partial charge in [0, 0.05) is 19.2 Å². The van der Waals surface area contributed by atoms with Crippen LogP contribution in [0.3, 0.4) is 0 Å². The summed E-state index contributed by atoms with van der Waals surface area (Å²) in [7, 11) is 1.84. The molecule has 98 valence electrons. The Morgan fingerprint density at radius 1 is 1.61 bits per heavy atom. The zero-order valence-electron chi connectivity index (χ0n) is 11.2. The lowest BCUT2D eigenvalue weighted by molar-refractivity contribution is 0.0779. The number of nitrogens with two attached hydrogens (primary N) is 1. The molecule has 0 bridgehead atoms. The minimum Gasteiger partial charge on any atom is -0.341 e. The van der Waals surface area contributed by atoms with Crippen molar-refractivity contribution in [2.75, 3.05) is 20.1 Å². The monoisotopic (exact) mass is 264 g/mol. The van der Waals surface area contributed by atoms with Crippen LogP contribution in [0.4, 0.5) is 0 Å². The van der Waals surface area contributed by atoms with Crippen LogP contribution in [0.15, 0.2) is 11.4 Å². The maximum absolute atomic E-state index is 12.3. The van der Waals surface area contributed by atoms with Gasteiger partial charge in [0.25, 0.3) is 5.91 Å². The fourth-order valence-electron chi connectivity index (χ4n) is 1.57. The molecule has 1 unspecified atom stereocenters. The lowest BCUT2D eigenvalue weighted by Gasteiger charge is -2.20. The first-order chi connectivity index (χ1) is 8.60. The largest absolute Gasteiger partial charge is 0.341 e. The van der Waals surface area contributed by atoms with Gasteiger partial charge in [0.05, 0.1) is 6.54 Å². The summed E-state index contributed by atoms with van der Waals surface area (Å²) >= 11 is 1.44. The molecule has 1 rings (SSSR count). The van der Waals surface area contributed by atoms with Gasteiger partial charge in [-0.2, -0.15) is 0 Å². The van der Waals surface area contributed by atoms with Crippen molar-refractivity contribution in [1.82, 2.24) is 4.90 Å². The van der Waals surface area contributed by atoms with E-state index in [-0.39, 0.29) is 5.91 Å². The molecule has 1 aromatic heterocycles. The molecular weight excluding hydrogens is 244 g/mol. The van der Waals surface area contributed by atoms with Crippen molar-refractivity contribution < 1.29 is 4.79 Å². The quantitative estimate of drug-likeness (QED) is 0.847. The van der Waals surface area contributed by atoms with E-state index in [1.807, 2.05) is 18.5 Å². The van der Waals surface area contributed by atoms with E-state index in [1.54, 1.807) is 4.90 Å². The molecule has 1 aromatic rings. The lowest BCUT2D eigenvalue weighted by Crippen LogP contribution is -2.30. The summed E-state index contributed by atoms with van der Waals surface area (Å²) in [4.78, 5) is 14.8. The average Bonchev–Trinajstić information content (AvgIpc) is 2.83. The molecule has 1 amide bonds. The Balaban J connectivity index is 2.80. The maximum atomic E-state index is 12.3. The summed E-state index contributed by atoms with van der Waals surface area (Å²) in [5.74, 6) is 6.29. The number of nitrogens with zero attached hydrogens (tertiary/aromatic N) is 1. The number of thiophene rings is 1. The number of carbonyl (C=O) groups excluding carboxylic acids is 1. The van der Waals surface area contributed by atoms with Crippen LogP contribution in [0, 0.1) is 17.8 Å². The highest BCUT2D eigenvalue weighted by atomic mass is 32.1. The highest BCUT2D eigenvalue weighted by Crippen LogP contribution is 2.18. The van der Waals surface area contributed by atoms with Crippen LogP contribution < -0.4 is 5.73 Å². The number of hydrogen-bond acceptors (Lipinski definition) is 3. The van der Waals surface area contributed by atoms with Crippen molar-refractivity contribution in [2.24, 2.45) is 11.7 Å². The van der Waals surface area contributed by atoms with E-state index in [0.717, 1.165) is 18.5 Å². The van der Waals surface area contributed by atoms with E-state index in [9.17, 15) is 4.79 Å². The van der Waals surface area contributed by atoms with Crippen LogP contribution in [0.1, 0.15) is 35.5 Å². The van der Waals surface area contributed by atoms with E-state index < -0.39 is 0 Å². The van der Waals surface area contributed by atoms with E-state index in [4.69, 9.17) is 5.73 Å². The lowest BCUT2D eigenvalue weighted by atomic mass is 10.1. The number of amides is 1. The molecule has 0 fully saturated rings. The van der Waals surface area contributed by atoms with Crippen LogP contribution in [0.25, 0.3) is 0 Å². The van der Waals surface area contributed by atoms with E-state index >= 15 is 0 Å². The zero-order valence-corrected chi connectivity index (χ0v) is 12.0. The number of carbonyl (C=O) groups is 1. The van der Waals surface area contributed by atoms with Crippen molar-refractivity contribution in [3.63, 3.8) is 0 Å². The Kier molecular flexibility index (Phi) is 5.90. The average molecular weight is 264 g/mol. The zero-order chi connectivity index (χ0) is 13.5. The summed E-state index contributed by atoms with van der Waals surface area (Å²) in [6.45, 7) is 5.36. The van der Waals surface area contributed by atoms with Gasteiger partial charge < -0.3 is 10.6 Å². The Hall–Kier alpha value is -1.31. The van der Waals surface area contributed by atoms with E-state index in [0.29, 0.717) is 17.3 Å². The molecule has 1 atom stereocenters. The fraction of sp³-hybridized carbons (Fsp3) is 0.500. The summed E-state index contributed by atoms with van der Waals surface area (Å²) < 4.78 is 0. The smallest absolute Gasteiger partial charge is 0.264 e. The van der Waals surface area contributed by atoms with Gasteiger partial charge in [-0.15, -0.1) is 11.3 Å². The second-order valence-corrected chi connectivity index (χ2v) is 5.28. The molecule has 0 saturated heterocycles. The van der Waals surface area contributed by atoms with Crippen LogP contribution in [-0.4, -0.2) is 30.9 Å². The maximum Gasteiger partial charge on any atom is 0.264 e. The molecule has 0 saturated carbocycles. The van der Waals surface area contributed by atoms with Crippen LogP contribution in [-0.2, 0) is 0 Å². The Labute approximate surface area is 113 Å². The summed E-state index contributed by atoms with van der Waals surface area (Å²) in [6, 6.07) is 1.87. The second-order valence-electron chi connectivity index (χ2n) is 4.37. The third-order valence-corrected chi connectivity index (χ3v) is 3.72. The van der Waals surface area contributed by atoms with Crippen LogP contribution in [0.5, 0.6) is 0 Å². The van der Waals surface area contributed by atoms with Crippen molar-refractivity contribution in [1.29, 1.82) is 0 Å². The second kappa shape index (κ2) is 7.20. The van der Waals surface area contributed by atoms with Gasteiger partial charge in [0.1, 0.15) is 4.88 Å². The predicted octanol–water partition coefficient (Wildman–Crippen LogP) is 2.18. The number of rotatable bonds is 4. The molecule has 0 aliphatic heterocycles. The van der Waals surface area contributed by atoms with Crippen molar-refractivity contribution in [3.05, 3.63) is 21.9 Å². The molecule has 0 aromatic carbocycles. The van der Waals surface area contributed by atoms with Crippen LogP contribution in [0.2, 0.25) is 0 Å². The SMILES string of the molecule is CCC(C)CN(C)C(=O)c1sccc1C#CCN. The Morgan fingerprint density at radius 2 is 2.33 bits per heavy atom. The van der Waals surface area contributed by atoms with E-state index in [1.165, 1.54) is 11.3 Å². The van der Waals surface area contributed by atoms with Gasteiger partial charge in [-0.05, 0) is 17.4 Å². The molecule has 4 heteroatoms. The third kappa shape index (κ3) is 3.86. The Morgan fingerprint density at radius 3 is 2.94 bits per heavy atom. The van der Waals surface area contributed by atoms with Gasteiger partial charge in [-0.1, -0.05) is 32.1 Å². The first kappa shape index (κ1) is 14.7. The van der Waals surface area contributed by atoms with Crippen molar-refractivity contribution >= 4 is 17.2 Å². The molecule has 0 spiro atoms. The van der Waals surface area contributed by atoms with Crippen LogP contribution >= 0.6 is 11.3 Å². The minimum atomic E-state index is 0.0478. The first-order valence-corrected chi connectivity index (χ1v) is 7.00. The van der Waals surface area contributed by atoms with Crippen molar-refractivity contribution in [2.45, 2.75) is 20.3 Å². The van der Waals surface area contributed by atoms with Crippen molar-refractivity contribution in [3.8, 4) is 11.8 Å². The van der Waals surface area contributed by atoms with Gasteiger partial charge in [-0.25, -0.2) is 0 Å². The molecular formula is C14H20N2OS. The molecule has 2 N–H and O–H groups in total. The minimum absolute atomic E-state index is 0.0478. The third-order valence-electron chi connectivity index (χ3n) is 2.81. The molecule has 18 heavy (non-hydrogen) atoms. The highest BCUT2D eigenvalue weighted by Gasteiger charge is 2.17. The van der Waals surface area contributed by atoms with Gasteiger partial charge in [0.2, 0.25) is 0 Å². The molecule has 1 heterocycles. The fourth-order valence-corrected chi connectivity index (χ4v) is 2.42. The van der Waals surface area contributed by atoms with E-state index in [2.05, 4.69) is 25.7 Å². The summed E-state index contributed by atoms with van der Waals surface area (Å²) in [5.41, 5.74) is 6.13. The predicted molar refractivity (Wildman–Crippen MR) is 76.7 cm³/mol. The molecule has 0 aliphatic rings. The van der Waals surface area contributed by atoms with Gasteiger partial charge in [-0.3, -0.25) is 4.79 Å². The standard InChI is InChI=1S/C14H20N2OS/c1-4-11(2)10-16(3)14(17)13-12(6-5-8-15)7-9-18-13/h7,9,11H,4,8,10,15H2,1-3H3. The molecule has 0 radical (unpaired) electrons. The molecule has 3 nitrogen and oxygen atoms in total. The van der Waals surface area contributed by atoms with Gasteiger partial charge in [0.15, 0.2) is 0 Å². The molecule has 0 aliphatic carbocycles. The first-order valence-electron chi connectivity index (χ1n) is 6.12. The Bertz CT molecular complexity index is 456. The summed E-state index contributed by atoms with van der Waals surface area (Å²) in [6.07, 6.45) is 1.07. The topological polar surface area (TPSA) is 46.3 Å². The number of hydrogen-bond donors (Lipinski definition) is 1.